The first-order chi connectivity index (χ1) is 33.6. The molecular weight excluding hydrogens is 829 g/mol. The van der Waals surface area contributed by atoms with Gasteiger partial charge < -0.3 is 19.6 Å². The van der Waals surface area contributed by atoms with E-state index in [-0.39, 0.29) is 6.61 Å². The molecule has 9 aromatic carbocycles. The highest BCUT2D eigenvalue weighted by molar-refractivity contribution is 6.00. The van der Waals surface area contributed by atoms with Crippen molar-refractivity contribution in [2.24, 2.45) is 0 Å². The van der Waals surface area contributed by atoms with Crippen LogP contribution in [-0.4, -0.2) is 12.2 Å². The molecular formula is C64H56N2O2. The van der Waals surface area contributed by atoms with Crippen molar-refractivity contribution in [3.8, 4) is 5.75 Å². The van der Waals surface area contributed by atoms with Gasteiger partial charge in [-0.3, -0.25) is 0 Å². The fourth-order valence-corrected chi connectivity index (χ4v) is 10.4. The van der Waals surface area contributed by atoms with Crippen LogP contribution >= 0.6 is 0 Å². The van der Waals surface area contributed by atoms with E-state index in [0.717, 1.165) is 70.9 Å². The Kier molecular flexibility index (Phi) is 12.2. The lowest BCUT2D eigenvalue weighted by atomic mass is 9.90. The van der Waals surface area contributed by atoms with Crippen molar-refractivity contribution in [1.29, 1.82) is 0 Å². The van der Waals surface area contributed by atoms with Crippen LogP contribution in [0.15, 0.2) is 182 Å². The summed E-state index contributed by atoms with van der Waals surface area (Å²) >= 11 is 0. The number of aryl methyl sites for hydroxylation is 2. The van der Waals surface area contributed by atoms with Crippen LogP contribution in [0.5, 0.6) is 5.75 Å². The molecule has 68 heavy (non-hydrogen) atoms. The molecule has 0 amide bonds. The van der Waals surface area contributed by atoms with Crippen molar-refractivity contribution < 1.29 is 9.84 Å². The van der Waals surface area contributed by atoms with E-state index in [2.05, 4.69) is 192 Å². The minimum Gasteiger partial charge on any atom is -0.497 e. The number of ether oxygens (including phenoxy) is 1. The summed E-state index contributed by atoms with van der Waals surface area (Å²) in [6, 6.07) is 66.1. The van der Waals surface area contributed by atoms with Gasteiger partial charge >= 0.3 is 0 Å². The Labute approximate surface area is 400 Å². The van der Waals surface area contributed by atoms with E-state index in [4.69, 9.17) is 4.74 Å². The minimum atomic E-state index is 0.0382. The zero-order chi connectivity index (χ0) is 45.8. The third kappa shape index (κ3) is 8.96. The van der Waals surface area contributed by atoms with Gasteiger partial charge in [-0.15, -0.1) is 0 Å². The molecule has 0 heterocycles. The molecule has 0 radical (unpaired) electrons. The average molecular weight is 885 g/mol. The highest BCUT2D eigenvalue weighted by Gasteiger charge is 2.22. The third-order valence-corrected chi connectivity index (χ3v) is 14.0. The normalized spacial score (nSPS) is 13.5. The Bertz CT molecular complexity index is 3070. The third-order valence-electron chi connectivity index (χ3n) is 14.0. The Hall–Kier alpha value is -7.66. The fraction of sp³-hybridized carbons (Fsp3) is 0.156. The van der Waals surface area contributed by atoms with Crippen LogP contribution in [0, 0.1) is 0 Å². The van der Waals surface area contributed by atoms with Crippen LogP contribution in [0.25, 0.3) is 45.8 Å². The quantitative estimate of drug-likeness (QED) is 0.0979. The fourth-order valence-electron chi connectivity index (χ4n) is 10.4. The molecule has 0 aliphatic heterocycles. The van der Waals surface area contributed by atoms with E-state index in [0.29, 0.717) is 0 Å². The van der Waals surface area contributed by atoms with Crippen molar-refractivity contribution in [2.45, 2.75) is 58.0 Å². The van der Waals surface area contributed by atoms with Crippen molar-refractivity contribution in [2.75, 3.05) is 16.9 Å². The second-order valence-corrected chi connectivity index (χ2v) is 18.4. The molecule has 0 aromatic heterocycles. The first-order valence-electron chi connectivity index (χ1n) is 24.3. The molecule has 0 spiro atoms. The zero-order valence-corrected chi connectivity index (χ0v) is 38.7. The molecule has 1 N–H and O–H groups in total. The molecule has 334 valence electrons. The van der Waals surface area contributed by atoms with Gasteiger partial charge in [-0.1, -0.05) is 109 Å². The van der Waals surface area contributed by atoms with E-state index < -0.39 is 0 Å². The largest absolute Gasteiger partial charge is 0.497 e. The maximum Gasteiger partial charge on any atom is 0.119 e. The predicted molar refractivity (Wildman–Crippen MR) is 287 cm³/mol. The van der Waals surface area contributed by atoms with Crippen LogP contribution in [-0.2, 0) is 32.3 Å². The Balaban J connectivity index is 0.803. The van der Waals surface area contributed by atoms with Gasteiger partial charge in [0.15, 0.2) is 0 Å². The molecule has 9 aromatic rings. The Morgan fingerprint density at radius 2 is 0.809 bits per heavy atom. The van der Waals surface area contributed by atoms with Crippen molar-refractivity contribution in [3.05, 3.63) is 232 Å². The number of fused-ring (bicyclic) bond motifs is 4. The van der Waals surface area contributed by atoms with Crippen molar-refractivity contribution >= 4 is 80.0 Å². The van der Waals surface area contributed by atoms with Crippen LogP contribution in [0.4, 0.5) is 34.1 Å². The number of benzene rings is 9. The summed E-state index contributed by atoms with van der Waals surface area (Å²) in [7, 11) is 1.72. The van der Waals surface area contributed by atoms with Gasteiger partial charge in [0.25, 0.3) is 0 Å². The van der Waals surface area contributed by atoms with Gasteiger partial charge in [0.1, 0.15) is 5.75 Å². The van der Waals surface area contributed by atoms with E-state index in [1.54, 1.807) is 7.11 Å². The molecule has 0 atom stereocenters. The number of methoxy groups -OCH3 is 1. The van der Waals surface area contributed by atoms with Gasteiger partial charge in [0, 0.05) is 34.1 Å². The molecule has 2 aliphatic carbocycles. The van der Waals surface area contributed by atoms with Gasteiger partial charge in [-0.05, 0) is 220 Å². The lowest BCUT2D eigenvalue weighted by molar-refractivity contribution is 0.282. The van der Waals surface area contributed by atoms with Gasteiger partial charge in [-0.2, -0.15) is 0 Å². The smallest absolute Gasteiger partial charge is 0.119 e. The van der Waals surface area contributed by atoms with Crippen LogP contribution in [0.2, 0.25) is 0 Å². The summed E-state index contributed by atoms with van der Waals surface area (Å²) in [4.78, 5) is 4.77. The summed E-state index contributed by atoms with van der Waals surface area (Å²) in [5, 5.41) is 14.7. The number of aliphatic hydroxyl groups excluding tert-OH is 1. The average Bonchev–Trinajstić information content (AvgIpc) is 3.40. The zero-order valence-electron chi connectivity index (χ0n) is 38.7. The number of anilines is 6. The monoisotopic (exact) mass is 884 g/mol. The van der Waals surface area contributed by atoms with Gasteiger partial charge in [-0.25, -0.2) is 0 Å². The molecule has 0 saturated heterocycles. The van der Waals surface area contributed by atoms with Crippen LogP contribution in [0.3, 0.4) is 0 Å². The summed E-state index contributed by atoms with van der Waals surface area (Å²) in [6.07, 6.45) is 18.3. The van der Waals surface area contributed by atoms with E-state index in [9.17, 15) is 5.11 Å². The minimum absolute atomic E-state index is 0.0382. The summed E-state index contributed by atoms with van der Waals surface area (Å²) in [5.41, 5.74) is 18.4. The summed E-state index contributed by atoms with van der Waals surface area (Å²) in [6.45, 7) is 0.0382. The first-order valence-corrected chi connectivity index (χ1v) is 24.3. The molecule has 4 heteroatoms. The summed E-state index contributed by atoms with van der Waals surface area (Å²) in [5.74, 6) is 0.857. The van der Waals surface area contributed by atoms with Gasteiger partial charge in [0.2, 0.25) is 0 Å². The van der Waals surface area contributed by atoms with E-state index >= 15 is 0 Å². The molecule has 0 bridgehead atoms. The molecule has 0 fully saturated rings. The maximum absolute atomic E-state index is 9.73. The lowest BCUT2D eigenvalue weighted by Gasteiger charge is -2.30. The number of aliphatic hydroxyl groups is 1. The molecule has 0 saturated carbocycles. The first kappa shape index (κ1) is 42.9. The summed E-state index contributed by atoms with van der Waals surface area (Å²) < 4.78 is 5.50. The number of hydrogen-bond donors (Lipinski definition) is 1. The highest BCUT2D eigenvalue weighted by atomic mass is 16.5. The second kappa shape index (κ2) is 19.3. The number of nitrogens with zero attached hydrogens (tertiary/aromatic N) is 2. The molecule has 11 rings (SSSR count). The Morgan fingerprint density at radius 3 is 1.25 bits per heavy atom. The second-order valence-electron chi connectivity index (χ2n) is 18.4. The van der Waals surface area contributed by atoms with E-state index in [1.165, 1.54) is 92.0 Å². The standard InChI is InChI=1S/C64H56N2O2/c1-68-60-38-36-59(37-39-60)66(64-15-7-11-51-9-3-5-13-62(51)64)57-32-24-46(25-33-57)17-19-48-21-29-53-42-54-40-47(20-28-52(54)43-55(53)41-48)18-16-45-22-30-56(31-23-45)65(58-34-26-49(44-67)27-35-58)63-14-6-10-50-8-2-4-12-61(50)63/h6-7,10-11,14-43,67H,2-5,8-9,12-13,44H2,1H3. The number of hydrogen-bond acceptors (Lipinski definition) is 4. The molecule has 4 nitrogen and oxygen atoms in total. The molecule has 2 aliphatic rings. The Morgan fingerprint density at radius 1 is 0.412 bits per heavy atom. The lowest BCUT2D eigenvalue weighted by Crippen LogP contribution is -2.15. The van der Waals surface area contributed by atoms with Crippen LogP contribution < -0.4 is 14.5 Å². The van der Waals surface area contributed by atoms with Gasteiger partial charge in [0.05, 0.1) is 13.7 Å². The van der Waals surface area contributed by atoms with E-state index in [1.807, 2.05) is 24.3 Å². The van der Waals surface area contributed by atoms with Crippen molar-refractivity contribution in [3.63, 3.8) is 0 Å². The topological polar surface area (TPSA) is 35.9 Å². The maximum atomic E-state index is 9.73. The predicted octanol–water partition coefficient (Wildman–Crippen LogP) is 16.5. The SMILES string of the molecule is COc1ccc(N(c2ccc(C=Cc3ccc4cc5cc(C=Cc6ccc(N(c7ccc(CO)cc7)c7cccc8c7CCCC8)cc6)ccc5cc4c3)cc2)c2cccc3c2CCCC3)cc1. The van der Waals surface area contributed by atoms with Crippen molar-refractivity contribution in [1.82, 2.24) is 0 Å². The van der Waals surface area contributed by atoms with Crippen LogP contribution in [0.1, 0.15) is 75.8 Å². The molecule has 0 unspecified atom stereocenters. The highest BCUT2D eigenvalue weighted by Crippen LogP contribution is 2.42. The number of rotatable bonds is 12.